The van der Waals surface area contributed by atoms with Gasteiger partial charge in [0.2, 0.25) is 5.91 Å². The minimum atomic E-state index is -0.274. The average Bonchev–Trinajstić information content (AvgIpc) is 3.36. The first kappa shape index (κ1) is 25.3. The number of methoxy groups -OCH3 is 2. The summed E-state index contributed by atoms with van der Waals surface area (Å²) in [6, 6.07) is 20.4. The standard InChI is InChI=1S/C27H25N3O4S2/c1-17-7-9-18(10-8-17)22-15-36-27(29-22)30-25(31)16-35-21-6-4-5-20(14-21)28-26(32)19-11-12-23(33-2)24(13-19)34-3/h4-15H,16H2,1-3H3,(H,28,32)(H,29,30,31). The molecule has 3 aromatic carbocycles. The Hall–Kier alpha value is -3.82. The number of benzene rings is 3. The fraction of sp³-hybridized carbons (Fsp3) is 0.148. The van der Waals surface area contributed by atoms with Crippen molar-refractivity contribution in [1.29, 1.82) is 0 Å². The van der Waals surface area contributed by atoms with Gasteiger partial charge in [0, 0.05) is 27.1 Å². The largest absolute Gasteiger partial charge is 0.493 e. The number of nitrogens with zero attached hydrogens (tertiary/aromatic N) is 1. The molecule has 0 bridgehead atoms. The van der Waals surface area contributed by atoms with Crippen LogP contribution < -0.4 is 20.1 Å². The van der Waals surface area contributed by atoms with Crippen molar-refractivity contribution in [2.75, 3.05) is 30.6 Å². The maximum atomic E-state index is 12.7. The van der Waals surface area contributed by atoms with E-state index in [1.54, 1.807) is 31.4 Å². The first-order valence-corrected chi connectivity index (χ1v) is 12.9. The molecule has 0 saturated carbocycles. The smallest absolute Gasteiger partial charge is 0.255 e. The number of ether oxygens (including phenoxy) is 2. The molecule has 2 amide bonds. The highest BCUT2D eigenvalue weighted by molar-refractivity contribution is 8.00. The fourth-order valence-electron chi connectivity index (χ4n) is 3.34. The molecule has 4 aromatic rings. The van der Waals surface area contributed by atoms with Gasteiger partial charge in [-0.1, -0.05) is 35.9 Å². The maximum absolute atomic E-state index is 12.7. The van der Waals surface area contributed by atoms with Crippen molar-refractivity contribution in [3.05, 3.63) is 83.2 Å². The summed E-state index contributed by atoms with van der Waals surface area (Å²) in [6.07, 6.45) is 0. The van der Waals surface area contributed by atoms with E-state index in [0.717, 1.165) is 16.2 Å². The van der Waals surface area contributed by atoms with Crippen molar-refractivity contribution in [2.45, 2.75) is 11.8 Å². The third-order valence-corrected chi connectivity index (χ3v) is 6.96. The van der Waals surface area contributed by atoms with Gasteiger partial charge in [-0.2, -0.15) is 0 Å². The molecule has 1 aromatic heterocycles. The second-order valence-electron chi connectivity index (χ2n) is 7.79. The molecule has 0 atom stereocenters. The molecule has 0 unspecified atom stereocenters. The molecule has 4 rings (SSSR count). The monoisotopic (exact) mass is 519 g/mol. The Balaban J connectivity index is 1.32. The van der Waals surface area contributed by atoms with Gasteiger partial charge in [-0.15, -0.1) is 23.1 Å². The van der Waals surface area contributed by atoms with Gasteiger partial charge in [0.1, 0.15) is 0 Å². The molecule has 1 heterocycles. The van der Waals surface area contributed by atoms with Gasteiger partial charge >= 0.3 is 0 Å². The normalized spacial score (nSPS) is 10.5. The van der Waals surface area contributed by atoms with Gasteiger partial charge in [-0.3, -0.25) is 9.59 Å². The molecule has 9 heteroatoms. The summed E-state index contributed by atoms with van der Waals surface area (Å²) in [5, 5.41) is 8.23. The molecule has 0 fully saturated rings. The third-order valence-electron chi connectivity index (χ3n) is 5.21. The number of carbonyl (C=O) groups excluding carboxylic acids is 2. The summed E-state index contributed by atoms with van der Waals surface area (Å²) in [6.45, 7) is 2.04. The Kier molecular flexibility index (Phi) is 8.24. The van der Waals surface area contributed by atoms with Crippen LogP contribution in [0.25, 0.3) is 11.3 Å². The molecule has 36 heavy (non-hydrogen) atoms. The molecule has 0 aliphatic rings. The van der Waals surface area contributed by atoms with Crippen molar-refractivity contribution in [2.24, 2.45) is 0 Å². The second-order valence-corrected chi connectivity index (χ2v) is 9.70. The molecule has 184 valence electrons. The van der Waals surface area contributed by atoms with E-state index in [1.165, 1.54) is 35.8 Å². The van der Waals surface area contributed by atoms with E-state index in [2.05, 4.69) is 15.6 Å². The number of carbonyl (C=O) groups is 2. The minimum absolute atomic E-state index is 0.149. The van der Waals surface area contributed by atoms with Crippen LogP contribution in [-0.4, -0.2) is 36.8 Å². The molecule has 2 N–H and O–H groups in total. The van der Waals surface area contributed by atoms with E-state index in [0.29, 0.717) is 27.9 Å². The number of aromatic nitrogens is 1. The number of anilines is 2. The van der Waals surface area contributed by atoms with Crippen LogP contribution in [-0.2, 0) is 4.79 Å². The molecule has 0 aliphatic heterocycles. The molecular weight excluding hydrogens is 494 g/mol. The molecule has 7 nitrogen and oxygen atoms in total. The summed E-state index contributed by atoms with van der Waals surface area (Å²) in [5.74, 6) is 0.821. The number of amides is 2. The van der Waals surface area contributed by atoms with Gasteiger partial charge in [-0.25, -0.2) is 4.98 Å². The number of thiazole rings is 1. The Labute approximate surface area is 217 Å². The van der Waals surface area contributed by atoms with Gasteiger partial charge in [0.25, 0.3) is 5.91 Å². The molecule has 0 aliphatic carbocycles. The summed E-state index contributed by atoms with van der Waals surface area (Å²) >= 11 is 2.77. The predicted molar refractivity (Wildman–Crippen MR) is 146 cm³/mol. The Morgan fingerprint density at radius 3 is 2.47 bits per heavy atom. The summed E-state index contributed by atoms with van der Waals surface area (Å²) in [5.41, 5.74) is 4.10. The number of aryl methyl sites for hydroxylation is 1. The Bertz CT molecular complexity index is 1370. The van der Waals surface area contributed by atoms with Crippen LogP contribution in [0.5, 0.6) is 11.5 Å². The van der Waals surface area contributed by atoms with Crippen LogP contribution in [0.4, 0.5) is 10.8 Å². The molecule has 0 saturated heterocycles. The summed E-state index contributed by atoms with van der Waals surface area (Å²) in [4.78, 5) is 30.6. The van der Waals surface area contributed by atoms with Crippen LogP contribution in [0.15, 0.2) is 77.0 Å². The SMILES string of the molecule is COc1ccc(C(=O)Nc2cccc(SCC(=O)Nc3nc(-c4ccc(C)cc4)cs3)c2)cc1OC. The third kappa shape index (κ3) is 6.44. The highest BCUT2D eigenvalue weighted by Gasteiger charge is 2.12. The van der Waals surface area contributed by atoms with Gasteiger partial charge in [0.05, 0.1) is 25.7 Å². The lowest BCUT2D eigenvalue weighted by molar-refractivity contribution is -0.113. The van der Waals surface area contributed by atoms with Crippen LogP contribution in [0.1, 0.15) is 15.9 Å². The molecule has 0 radical (unpaired) electrons. The topological polar surface area (TPSA) is 89.5 Å². The van der Waals surface area contributed by atoms with Crippen molar-refractivity contribution < 1.29 is 19.1 Å². The van der Waals surface area contributed by atoms with Gasteiger partial charge in [0.15, 0.2) is 16.6 Å². The van der Waals surface area contributed by atoms with Crippen LogP contribution in [0.2, 0.25) is 0 Å². The number of thioether (sulfide) groups is 1. The molecular formula is C27H25N3O4S2. The van der Waals surface area contributed by atoms with E-state index >= 15 is 0 Å². The Morgan fingerprint density at radius 1 is 0.944 bits per heavy atom. The van der Waals surface area contributed by atoms with Crippen molar-refractivity contribution in [3.63, 3.8) is 0 Å². The second kappa shape index (κ2) is 11.7. The zero-order valence-corrected chi connectivity index (χ0v) is 21.7. The number of rotatable bonds is 9. The van der Waals surface area contributed by atoms with E-state index < -0.39 is 0 Å². The van der Waals surface area contributed by atoms with E-state index in [-0.39, 0.29) is 17.6 Å². The minimum Gasteiger partial charge on any atom is -0.493 e. The van der Waals surface area contributed by atoms with Gasteiger partial charge < -0.3 is 20.1 Å². The summed E-state index contributed by atoms with van der Waals surface area (Å²) in [7, 11) is 3.06. The van der Waals surface area contributed by atoms with Crippen LogP contribution in [0, 0.1) is 6.92 Å². The lowest BCUT2D eigenvalue weighted by atomic mass is 10.1. The summed E-state index contributed by atoms with van der Waals surface area (Å²) < 4.78 is 10.5. The first-order chi connectivity index (χ1) is 17.4. The lowest BCUT2D eigenvalue weighted by Gasteiger charge is -2.10. The lowest BCUT2D eigenvalue weighted by Crippen LogP contribution is -2.14. The van der Waals surface area contributed by atoms with E-state index in [9.17, 15) is 9.59 Å². The first-order valence-electron chi connectivity index (χ1n) is 11.0. The van der Waals surface area contributed by atoms with Crippen molar-refractivity contribution >= 4 is 45.7 Å². The maximum Gasteiger partial charge on any atom is 0.255 e. The number of hydrogen-bond acceptors (Lipinski definition) is 7. The number of hydrogen-bond donors (Lipinski definition) is 2. The zero-order chi connectivity index (χ0) is 25.5. The predicted octanol–water partition coefficient (Wildman–Crippen LogP) is 6.12. The zero-order valence-electron chi connectivity index (χ0n) is 20.0. The van der Waals surface area contributed by atoms with Crippen LogP contribution >= 0.6 is 23.1 Å². The fourth-order valence-corrected chi connectivity index (χ4v) is 4.83. The molecule has 0 spiro atoms. The van der Waals surface area contributed by atoms with Crippen molar-refractivity contribution in [3.8, 4) is 22.8 Å². The van der Waals surface area contributed by atoms with Crippen LogP contribution in [0.3, 0.4) is 0 Å². The average molecular weight is 520 g/mol. The highest BCUT2D eigenvalue weighted by Crippen LogP contribution is 2.29. The van der Waals surface area contributed by atoms with E-state index in [1.807, 2.05) is 54.8 Å². The number of nitrogens with one attached hydrogen (secondary N) is 2. The Morgan fingerprint density at radius 2 is 1.72 bits per heavy atom. The van der Waals surface area contributed by atoms with Crippen molar-refractivity contribution in [1.82, 2.24) is 4.98 Å². The highest BCUT2D eigenvalue weighted by atomic mass is 32.2. The van der Waals surface area contributed by atoms with Gasteiger partial charge in [-0.05, 0) is 43.3 Å². The van der Waals surface area contributed by atoms with E-state index in [4.69, 9.17) is 9.47 Å². The quantitative estimate of drug-likeness (QED) is 0.259.